The summed E-state index contributed by atoms with van der Waals surface area (Å²) in [5.74, 6) is -0.160. The number of rotatable bonds is 7. The molecule has 0 atom stereocenters. The van der Waals surface area contributed by atoms with Crippen LogP contribution in [0, 0.1) is 13.8 Å². The van der Waals surface area contributed by atoms with Gasteiger partial charge in [-0.1, -0.05) is 35.5 Å². The molecule has 0 aliphatic heterocycles. The Morgan fingerprint density at radius 2 is 2.00 bits per heavy atom. The topological polar surface area (TPSA) is 93.1 Å². The second-order valence-corrected chi connectivity index (χ2v) is 9.69. The number of halogens is 1. The van der Waals surface area contributed by atoms with Crippen molar-refractivity contribution in [3.05, 3.63) is 64.9 Å². The molecule has 0 fully saturated rings. The highest BCUT2D eigenvalue weighted by molar-refractivity contribution is 7.99. The molecule has 3 aromatic rings. The van der Waals surface area contributed by atoms with Gasteiger partial charge >= 0.3 is 0 Å². The Hall–Kier alpha value is -2.33. The maximum atomic E-state index is 12.4. The van der Waals surface area contributed by atoms with Crippen LogP contribution >= 0.6 is 23.4 Å². The first-order chi connectivity index (χ1) is 14.2. The highest BCUT2D eigenvalue weighted by Crippen LogP contribution is 2.27. The Bertz CT molecular complexity index is 1190. The maximum Gasteiger partial charge on any atom is 0.240 e. The summed E-state index contributed by atoms with van der Waals surface area (Å²) >= 11 is 7.49. The van der Waals surface area contributed by atoms with Crippen molar-refractivity contribution in [3.63, 3.8) is 0 Å². The first kappa shape index (κ1) is 22.4. The van der Waals surface area contributed by atoms with Crippen molar-refractivity contribution in [2.75, 3.05) is 18.1 Å². The van der Waals surface area contributed by atoms with Crippen molar-refractivity contribution < 1.29 is 13.2 Å². The summed E-state index contributed by atoms with van der Waals surface area (Å²) in [6, 6.07) is 10.4. The SMILES string of the molecule is CNS(=O)(=O)c1cc(NC(=O)CSc2nccn2-c2cccc(Cl)c2C)ccc1C. The Morgan fingerprint density at radius 1 is 1.23 bits per heavy atom. The molecule has 2 N–H and O–H groups in total. The van der Waals surface area contributed by atoms with Gasteiger partial charge in [-0.3, -0.25) is 9.36 Å². The van der Waals surface area contributed by atoms with Crippen molar-refractivity contribution in [1.29, 1.82) is 0 Å². The first-order valence-corrected chi connectivity index (χ1v) is 11.8. The molecule has 7 nitrogen and oxygen atoms in total. The van der Waals surface area contributed by atoms with Gasteiger partial charge in [0, 0.05) is 23.1 Å². The van der Waals surface area contributed by atoms with Gasteiger partial charge in [-0.05, 0) is 56.3 Å². The van der Waals surface area contributed by atoms with E-state index in [-0.39, 0.29) is 16.6 Å². The van der Waals surface area contributed by atoms with Gasteiger partial charge in [0.2, 0.25) is 15.9 Å². The summed E-state index contributed by atoms with van der Waals surface area (Å²) in [5.41, 5.74) is 2.81. The lowest BCUT2D eigenvalue weighted by molar-refractivity contribution is -0.113. The smallest absolute Gasteiger partial charge is 0.240 e. The van der Waals surface area contributed by atoms with Gasteiger partial charge in [-0.25, -0.2) is 18.1 Å². The number of thioether (sulfide) groups is 1. The third kappa shape index (κ3) is 4.86. The van der Waals surface area contributed by atoms with Crippen molar-refractivity contribution in [2.45, 2.75) is 23.9 Å². The van der Waals surface area contributed by atoms with Gasteiger partial charge in [0.15, 0.2) is 5.16 Å². The lowest BCUT2D eigenvalue weighted by Gasteiger charge is -2.12. The number of amides is 1. The fourth-order valence-corrected chi connectivity index (χ4v) is 4.77. The van der Waals surface area contributed by atoms with E-state index in [9.17, 15) is 13.2 Å². The van der Waals surface area contributed by atoms with E-state index in [0.717, 1.165) is 11.3 Å². The van der Waals surface area contributed by atoms with Crippen LogP contribution in [0.3, 0.4) is 0 Å². The van der Waals surface area contributed by atoms with Crippen LogP contribution in [0.2, 0.25) is 5.02 Å². The molecule has 1 amide bonds. The standard InChI is InChI=1S/C20H21ClN4O3S2/c1-13-7-8-15(11-18(13)30(27,28)22-3)24-19(26)12-29-20-23-9-10-25(20)17-6-4-5-16(21)14(17)2/h4-11,22H,12H2,1-3H3,(H,24,26). The van der Waals surface area contributed by atoms with Gasteiger partial charge in [-0.2, -0.15) is 0 Å². The molecule has 30 heavy (non-hydrogen) atoms. The molecule has 0 spiro atoms. The number of carbonyl (C=O) groups is 1. The van der Waals surface area contributed by atoms with E-state index in [4.69, 9.17) is 11.6 Å². The van der Waals surface area contributed by atoms with E-state index >= 15 is 0 Å². The number of hydrogen-bond acceptors (Lipinski definition) is 5. The number of hydrogen-bond donors (Lipinski definition) is 2. The summed E-state index contributed by atoms with van der Waals surface area (Å²) in [6.07, 6.45) is 3.48. The van der Waals surface area contributed by atoms with Crippen molar-refractivity contribution in [3.8, 4) is 5.69 Å². The lowest BCUT2D eigenvalue weighted by atomic mass is 10.2. The summed E-state index contributed by atoms with van der Waals surface area (Å²) in [5, 5.41) is 4.04. The minimum atomic E-state index is -3.61. The maximum absolute atomic E-state index is 12.4. The molecule has 1 aromatic heterocycles. The predicted molar refractivity (Wildman–Crippen MR) is 120 cm³/mol. The van der Waals surface area contributed by atoms with Crippen LogP contribution in [0.1, 0.15) is 11.1 Å². The number of benzene rings is 2. The zero-order chi connectivity index (χ0) is 21.9. The molecule has 0 radical (unpaired) electrons. The van der Waals surface area contributed by atoms with Crippen molar-refractivity contribution >= 4 is 45.0 Å². The fourth-order valence-electron chi connectivity index (χ4n) is 2.84. The summed E-state index contributed by atoms with van der Waals surface area (Å²) in [4.78, 5) is 16.9. The molecule has 10 heteroatoms. The van der Waals surface area contributed by atoms with E-state index in [1.807, 2.05) is 35.9 Å². The van der Waals surface area contributed by atoms with E-state index in [0.29, 0.717) is 21.4 Å². The highest BCUT2D eigenvalue weighted by Gasteiger charge is 2.16. The Labute approximate surface area is 184 Å². The van der Waals surface area contributed by atoms with E-state index < -0.39 is 10.0 Å². The largest absolute Gasteiger partial charge is 0.325 e. The number of aryl methyl sites for hydroxylation is 1. The van der Waals surface area contributed by atoms with Crippen LogP contribution in [0.15, 0.2) is 58.8 Å². The molecule has 3 rings (SSSR count). The van der Waals surface area contributed by atoms with Gasteiger partial charge in [-0.15, -0.1) is 0 Å². The third-order valence-electron chi connectivity index (χ3n) is 4.47. The zero-order valence-corrected chi connectivity index (χ0v) is 19.0. The average Bonchev–Trinajstić information content (AvgIpc) is 3.18. The number of nitrogens with one attached hydrogen (secondary N) is 2. The monoisotopic (exact) mass is 464 g/mol. The number of imidazole rings is 1. The minimum absolute atomic E-state index is 0.110. The van der Waals surface area contributed by atoms with Crippen LogP contribution in [0.25, 0.3) is 5.69 Å². The van der Waals surface area contributed by atoms with Crippen molar-refractivity contribution in [1.82, 2.24) is 14.3 Å². The minimum Gasteiger partial charge on any atom is -0.325 e. The molecule has 2 aromatic carbocycles. The summed E-state index contributed by atoms with van der Waals surface area (Å²) in [6.45, 7) is 3.62. The predicted octanol–water partition coefficient (Wildman–Crippen LogP) is 3.78. The van der Waals surface area contributed by atoms with Crippen LogP contribution in [0.4, 0.5) is 5.69 Å². The molecule has 0 saturated carbocycles. The second-order valence-electron chi connectivity index (χ2n) is 6.49. The Balaban J connectivity index is 1.72. The lowest BCUT2D eigenvalue weighted by Crippen LogP contribution is -2.20. The molecule has 0 bridgehead atoms. The van der Waals surface area contributed by atoms with Gasteiger partial charge < -0.3 is 5.32 Å². The highest BCUT2D eigenvalue weighted by atomic mass is 35.5. The Morgan fingerprint density at radius 3 is 2.73 bits per heavy atom. The van der Waals surface area contributed by atoms with Crippen LogP contribution in [-0.4, -0.2) is 36.7 Å². The molecular formula is C20H21ClN4O3S2. The molecule has 0 aliphatic rings. The Kier molecular flexibility index (Phi) is 6.87. The quantitative estimate of drug-likeness (QED) is 0.519. The normalized spacial score (nSPS) is 11.5. The van der Waals surface area contributed by atoms with E-state index in [2.05, 4.69) is 15.0 Å². The van der Waals surface area contributed by atoms with Gasteiger partial charge in [0.25, 0.3) is 0 Å². The first-order valence-electron chi connectivity index (χ1n) is 8.98. The molecule has 158 valence electrons. The summed E-state index contributed by atoms with van der Waals surface area (Å²) < 4.78 is 28.4. The van der Waals surface area contributed by atoms with Gasteiger partial charge in [0.1, 0.15) is 0 Å². The summed E-state index contributed by atoms with van der Waals surface area (Å²) in [7, 11) is -2.26. The molecule has 0 saturated heterocycles. The van der Waals surface area contributed by atoms with Crippen LogP contribution in [0.5, 0.6) is 0 Å². The molecular weight excluding hydrogens is 444 g/mol. The van der Waals surface area contributed by atoms with Crippen molar-refractivity contribution in [2.24, 2.45) is 0 Å². The molecule has 1 heterocycles. The average molecular weight is 465 g/mol. The number of sulfonamides is 1. The van der Waals surface area contributed by atoms with Crippen LogP contribution < -0.4 is 10.0 Å². The molecule has 0 unspecified atom stereocenters. The zero-order valence-electron chi connectivity index (χ0n) is 16.6. The third-order valence-corrected chi connectivity index (χ3v) is 7.40. The second kappa shape index (κ2) is 9.22. The number of aromatic nitrogens is 2. The number of carbonyl (C=O) groups excluding carboxylic acids is 1. The molecule has 0 aliphatic carbocycles. The number of nitrogens with zero attached hydrogens (tertiary/aromatic N) is 2. The number of anilines is 1. The van der Waals surface area contributed by atoms with Crippen LogP contribution in [-0.2, 0) is 14.8 Å². The fraction of sp³-hybridized carbons (Fsp3) is 0.200. The van der Waals surface area contributed by atoms with E-state index in [1.54, 1.807) is 25.3 Å². The van der Waals surface area contributed by atoms with E-state index in [1.165, 1.54) is 24.9 Å². The van der Waals surface area contributed by atoms with Gasteiger partial charge in [0.05, 0.1) is 16.3 Å².